The van der Waals surface area contributed by atoms with Crippen molar-refractivity contribution < 1.29 is 27.5 Å². The summed E-state index contributed by atoms with van der Waals surface area (Å²) in [7, 11) is 1.54. The van der Waals surface area contributed by atoms with Gasteiger partial charge in [0.25, 0.3) is 5.91 Å². The van der Waals surface area contributed by atoms with Crippen molar-refractivity contribution in [1.82, 2.24) is 4.90 Å². The van der Waals surface area contributed by atoms with Gasteiger partial charge in [-0.05, 0) is 32.0 Å². The third kappa shape index (κ3) is 4.47. The van der Waals surface area contributed by atoms with Gasteiger partial charge in [0, 0.05) is 18.7 Å². The SMILES string of the molecule is CC(C)N(C)C(=O)COc1ccc(C=O)cc1C(F)(F)F. The second-order valence-corrected chi connectivity index (χ2v) is 4.76. The van der Waals surface area contributed by atoms with Crippen LogP contribution in [0.1, 0.15) is 29.8 Å². The summed E-state index contributed by atoms with van der Waals surface area (Å²) in [6.45, 7) is 3.05. The highest BCUT2D eigenvalue weighted by atomic mass is 19.4. The third-order valence-electron chi connectivity index (χ3n) is 2.96. The fourth-order valence-corrected chi connectivity index (χ4v) is 1.50. The smallest absolute Gasteiger partial charge is 0.419 e. The van der Waals surface area contributed by atoms with E-state index in [9.17, 15) is 22.8 Å². The van der Waals surface area contributed by atoms with Crippen molar-refractivity contribution in [2.75, 3.05) is 13.7 Å². The van der Waals surface area contributed by atoms with Crippen molar-refractivity contribution in [3.05, 3.63) is 29.3 Å². The zero-order valence-corrected chi connectivity index (χ0v) is 11.9. The summed E-state index contributed by atoms with van der Waals surface area (Å²) in [5.41, 5.74) is -1.19. The number of carbonyl (C=O) groups is 2. The number of aldehydes is 1. The molecule has 0 saturated heterocycles. The zero-order chi connectivity index (χ0) is 16.2. The Bertz CT molecular complexity index is 527. The van der Waals surface area contributed by atoms with Crippen molar-refractivity contribution in [3.8, 4) is 5.75 Å². The molecule has 4 nitrogen and oxygen atoms in total. The molecule has 116 valence electrons. The molecular weight excluding hydrogens is 287 g/mol. The molecule has 0 atom stereocenters. The van der Waals surface area contributed by atoms with Crippen molar-refractivity contribution in [1.29, 1.82) is 0 Å². The molecule has 0 aliphatic rings. The largest absolute Gasteiger partial charge is 0.483 e. The van der Waals surface area contributed by atoms with E-state index in [2.05, 4.69) is 0 Å². The van der Waals surface area contributed by atoms with E-state index in [1.165, 1.54) is 18.0 Å². The second-order valence-electron chi connectivity index (χ2n) is 4.76. The molecule has 1 aromatic rings. The van der Waals surface area contributed by atoms with Gasteiger partial charge in [-0.2, -0.15) is 13.2 Å². The second kappa shape index (κ2) is 6.60. The number of amides is 1. The zero-order valence-electron chi connectivity index (χ0n) is 11.9. The van der Waals surface area contributed by atoms with E-state index in [1.807, 2.05) is 0 Å². The van der Waals surface area contributed by atoms with Gasteiger partial charge in [-0.1, -0.05) is 0 Å². The van der Waals surface area contributed by atoms with E-state index >= 15 is 0 Å². The molecular formula is C14H16F3NO3. The Balaban J connectivity index is 2.93. The number of benzene rings is 1. The van der Waals surface area contributed by atoms with Crippen LogP contribution >= 0.6 is 0 Å². The van der Waals surface area contributed by atoms with Crippen LogP contribution in [0.4, 0.5) is 13.2 Å². The topological polar surface area (TPSA) is 46.6 Å². The first-order chi connectivity index (χ1) is 9.66. The van der Waals surface area contributed by atoms with Crippen molar-refractivity contribution in [3.63, 3.8) is 0 Å². The molecule has 1 aromatic carbocycles. The maximum absolute atomic E-state index is 12.9. The first kappa shape index (κ1) is 17.0. The van der Waals surface area contributed by atoms with Gasteiger partial charge in [-0.15, -0.1) is 0 Å². The Morgan fingerprint density at radius 3 is 2.48 bits per heavy atom. The molecule has 0 aromatic heterocycles. The molecule has 0 unspecified atom stereocenters. The number of carbonyl (C=O) groups excluding carboxylic acids is 2. The Labute approximate surface area is 120 Å². The fraction of sp³-hybridized carbons (Fsp3) is 0.429. The first-order valence-electron chi connectivity index (χ1n) is 6.21. The Kier molecular flexibility index (Phi) is 5.34. The van der Waals surface area contributed by atoms with Crippen LogP contribution in [0.25, 0.3) is 0 Å². The van der Waals surface area contributed by atoms with Gasteiger partial charge in [-0.3, -0.25) is 9.59 Å². The summed E-state index contributed by atoms with van der Waals surface area (Å²) < 4.78 is 43.6. The van der Waals surface area contributed by atoms with Crippen LogP contribution in [-0.2, 0) is 11.0 Å². The van der Waals surface area contributed by atoms with Crippen molar-refractivity contribution in [2.24, 2.45) is 0 Å². The summed E-state index contributed by atoms with van der Waals surface area (Å²) >= 11 is 0. The standard InChI is InChI=1S/C14H16F3NO3/c1-9(2)18(3)13(20)8-21-12-5-4-10(7-19)6-11(12)14(15,16)17/h4-7,9H,8H2,1-3H3. The number of halogens is 3. The highest BCUT2D eigenvalue weighted by molar-refractivity contribution is 5.78. The van der Waals surface area contributed by atoms with E-state index in [4.69, 9.17) is 4.74 Å². The number of ether oxygens (including phenoxy) is 1. The van der Waals surface area contributed by atoms with Gasteiger partial charge in [0.1, 0.15) is 12.0 Å². The highest BCUT2D eigenvalue weighted by Crippen LogP contribution is 2.36. The maximum atomic E-state index is 12.9. The fourth-order valence-electron chi connectivity index (χ4n) is 1.50. The van der Waals surface area contributed by atoms with Crippen LogP contribution in [0.5, 0.6) is 5.75 Å². The predicted octanol–water partition coefficient (Wildman–Crippen LogP) is 2.76. The maximum Gasteiger partial charge on any atom is 0.419 e. The molecule has 1 rings (SSSR count). The lowest BCUT2D eigenvalue weighted by molar-refractivity contribution is -0.141. The molecule has 1 amide bonds. The van der Waals surface area contributed by atoms with E-state index in [0.29, 0.717) is 12.4 Å². The third-order valence-corrected chi connectivity index (χ3v) is 2.96. The van der Waals surface area contributed by atoms with Crippen molar-refractivity contribution >= 4 is 12.2 Å². The molecule has 0 spiro atoms. The van der Waals surface area contributed by atoms with Crippen LogP contribution in [0.15, 0.2) is 18.2 Å². The summed E-state index contributed by atoms with van der Waals surface area (Å²) in [4.78, 5) is 23.6. The number of nitrogens with zero attached hydrogens (tertiary/aromatic N) is 1. The summed E-state index contributed by atoms with van der Waals surface area (Å²) in [6.07, 6.45) is -4.35. The van der Waals surface area contributed by atoms with E-state index < -0.39 is 30.0 Å². The molecule has 0 fully saturated rings. The molecule has 0 heterocycles. The van der Waals surface area contributed by atoms with Crippen molar-refractivity contribution in [2.45, 2.75) is 26.1 Å². The molecule has 7 heteroatoms. The van der Waals surface area contributed by atoms with Crippen LogP contribution in [0.2, 0.25) is 0 Å². The minimum atomic E-state index is -4.67. The van der Waals surface area contributed by atoms with Gasteiger partial charge in [0.2, 0.25) is 0 Å². The highest BCUT2D eigenvalue weighted by Gasteiger charge is 2.35. The molecule has 21 heavy (non-hydrogen) atoms. The quantitative estimate of drug-likeness (QED) is 0.786. The lowest BCUT2D eigenvalue weighted by Crippen LogP contribution is -2.36. The number of rotatable bonds is 5. The summed E-state index contributed by atoms with van der Waals surface area (Å²) in [6, 6.07) is 2.85. The average Bonchev–Trinajstić information content (AvgIpc) is 2.42. The Morgan fingerprint density at radius 1 is 1.38 bits per heavy atom. The van der Waals surface area contributed by atoms with Gasteiger partial charge in [0.15, 0.2) is 6.61 Å². The normalized spacial score (nSPS) is 11.4. The number of likely N-dealkylation sites (N-methyl/N-ethyl adjacent to an activating group) is 1. The molecule has 0 saturated carbocycles. The molecule has 0 N–H and O–H groups in total. The van der Waals surface area contributed by atoms with Crippen LogP contribution in [0, 0.1) is 0 Å². The Hall–Kier alpha value is -2.05. The lowest BCUT2D eigenvalue weighted by Gasteiger charge is -2.22. The first-order valence-corrected chi connectivity index (χ1v) is 6.21. The Morgan fingerprint density at radius 2 is 2.00 bits per heavy atom. The van der Waals surface area contributed by atoms with Gasteiger partial charge >= 0.3 is 6.18 Å². The number of hydrogen-bond donors (Lipinski definition) is 0. The average molecular weight is 303 g/mol. The molecule has 0 radical (unpaired) electrons. The van der Waals surface area contributed by atoms with Crippen LogP contribution in [-0.4, -0.2) is 36.8 Å². The molecule has 0 bridgehead atoms. The minimum Gasteiger partial charge on any atom is -0.483 e. The van der Waals surface area contributed by atoms with Crippen LogP contribution < -0.4 is 4.74 Å². The summed E-state index contributed by atoms with van der Waals surface area (Å²) in [5.74, 6) is -0.906. The van der Waals surface area contributed by atoms with Crippen LogP contribution in [0.3, 0.4) is 0 Å². The van der Waals surface area contributed by atoms with Gasteiger partial charge in [0.05, 0.1) is 5.56 Å². The van der Waals surface area contributed by atoms with E-state index in [0.717, 1.165) is 6.07 Å². The predicted molar refractivity (Wildman–Crippen MR) is 70.2 cm³/mol. The number of alkyl halides is 3. The van der Waals surface area contributed by atoms with Gasteiger partial charge in [-0.25, -0.2) is 0 Å². The minimum absolute atomic E-state index is 0.0828. The van der Waals surface area contributed by atoms with E-state index in [-0.39, 0.29) is 11.6 Å². The van der Waals surface area contributed by atoms with Gasteiger partial charge < -0.3 is 9.64 Å². The molecule has 0 aliphatic heterocycles. The summed E-state index contributed by atoms with van der Waals surface area (Å²) in [5, 5.41) is 0. The molecule has 0 aliphatic carbocycles. The lowest BCUT2D eigenvalue weighted by atomic mass is 10.1. The van der Waals surface area contributed by atoms with E-state index in [1.54, 1.807) is 13.8 Å². The number of hydrogen-bond acceptors (Lipinski definition) is 3. The monoisotopic (exact) mass is 303 g/mol.